The van der Waals surface area contributed by atoms with Crippen molar-refractivity contribution in [1.29, 1.82) is 0 Å². The van der Waals surface area contributed by atoms with Gasteiger partial charge in [-0.25, -0.2) is 0 Å². The summed E-state index contributed by atoms with van der Waals surface area (Å²) in [7, 11) is 0. The lowest BCUT2D eigenvalue weighted by Gasteiger charge is -2.58. The summed E-state index contributed by atoms with van der Waals surface area (Å²) in [5.41, 5.74) is 2.82. The second-order valence-corrected chi connectivity index (χ2v) is 12.7. The van der Waals surface area contributed by atoms with Crippen LogP contribution in [-0.2, 0) is 0 Å². The number of halogens is 1. The van der Waals surface area contributed by atoms with Crippen LogP contribution in [0.1, 0.15) is 105 Å². The van der Waals surface area contributed by atoms with Crippen LogP contribution < -0.4 is 0 Å². The number of alkyl halides is 1. The highest BCUT2D eigenvalue weighted by Crippen LogP contribution is 2.67. The zero-order valence-electron chi connectivity index (χ0n) is 20.4. The molecule has 170 valence electrons. The molecular formula is C29H47Cl. The van der Waals surface area contributed by atoms with Gasteiger partial charge in [-0.15, -0.1) is 24.4 Å². The van der Waals surface area contributed by atoms with E-state index in [1.165, 1.54) is 70.6 Å². The summed E-state index contributed by atoms with van der Waals surface area (Å²) in [5, 5.41) is 0.396. The van der Waals surface area contributed by atoms with Crippen molar-refractivity contribution in [3.8, 4) is 12.8 Å². The molecule has 0 radical (unpaired) electrons. The first kappa shape index (κ1) is 24.2. The molecule has 4 aliphatic carbocycles. The van der Waals surface area contributed by atoms with Gasteiger partial charge in [0.05, 0.1) is 0 Å². The first-order valence-electron chi connectivity index (χ1n) is 12.9. The molecule has 4 aliphatic rings. The van der Waals surface area contributed by atoms with Crippen LogP contribution in [0.15, 0.2) is 11.6 Å². The Kier molecular flexibility index (Phi) is 7.76. The van der Waals surface area contributed by atoms with Crippen LogP contribution in [0, 0.1) is 59.2 Å². The molecule has 3 saturated carbocycles. The topological polar surface area (TPSA) is 0 Å². The molecule has 0 unspecified atom stereocenters. The number of hydrogen-bond donors (Lipinski definition) is 0. The summed E-state index contributed by atoms with van der Waals surface area (Å²) in [6.07, 6.45) is 26.0. The zero-order chi connectivity index (χ0) is 22.1. The van der Waals surface area contributed by atoms with E-state index in [0.717, 1.165) is 35.5 Å². The number of allylic oxidation sites excluding steroid dienone is 2. The molecule has 0 heterocycles. The normalized spacial score (nSPS) is 43.5. The molecule has 30 heavy (non-hydrogen) atoms. The van der Waals surface area contributed by atoms with E-state index < -0.39 is 0 Å². The third-order valence-electron chi connectivity index (χ3n) is 10.2. The molecule has 0 aromatic carbocycles. The monoisotopic (exact) mass is 430 g/mol. The molecule has 0 amide bonds. The second kappa shape index (κ2) is 9.61. The minimum absolute atomic E-state index is 0.396. The van der Waals surface area contributed by atoms with Crippen LogP contribution in [0.25, 0.3) is 0 Å². The van der Waals surface area contributed by atoms with Gasteiger partial charge in [0.25, 0.3) is 0 Å². The van der Waals surface area contributed by atoms with Crippen molar-refractivity contribution in [3.05, 3.63) is 11.6 Å². The van der Waals surface area contributed by atoms with E-state index in [1.54, 1.807) is 5.57 Å². The fraction of sp³-hybridized carbons (Fsp3) is 0.862. The van der Waals surface area contributed by atoms with E-state index in [2.05, 4.69) is 53.5 Å². The van der Waals surface area contributed by atoms with E-state index in [-0.39, 0.29) is 0 Å². The Morgan fingerprint density at radius 1 is 1.00 bits per heavy atom. The largest absolute Gasteiger partial charge is 0.124 e. The van der Waals surface area contributed by atoms with E-state index in [4.69, 9.17) is 11.6 Å². The average Bonchev–Trinajstić information content (AvgIpc) is 3.07. The highest BCUT2D eigenvalue weighted by atomic mass is 35.5. The lowest BCUT2D eigenvalue weighted by Crippen LogP contribution is -2.50. The minimum Gasteiger partial charge on any atom is -0.124 e. The first-order chi connectivity index (χ1) is 14.3. The smallest absolute Gasteiger partial charge is 0.0373 e. The minimum atomic E-state index is 0.396. The Bertz CT molecular complexity index is 630. The fourth-order valence-electron chi connectivity index (χ4n) is 8.64. The van der Waals surface area contributed by atoms with Gasteiger partial charge in [-0.3, -0.25) is 0 Å². The summed E-state index contributed by atoms with van der Waals surface area (Å²) in [6, 6.07) is 0. The highest BCUT2D eigenvalue weighted by Gasteiger charge is 2.58. The summed E-state index contributed by atoms with van der Waals surface area (Å²) >= 11 is 6.56. The van der Waals surface area contributed by atoms with Gasteiger partial charge in [0, 0.05) is 5.38 Å². The summed E-state index contributed by atoms with van der Waals surface area (Å²) in [4.78, 5) is 0. The molecule has 0 spiro atoms. The van der Waals surface area contributed by atoms with Gasteiger partial charge < -0.3 is 0 Å². The number of fused-ring (bicyclic) bond motifs is 5. The Labute approximate surface area is 193 Å². The molecule has 0 saturated heterocycles. The Hall–Kier alpha value is -0.410. The maximum absolute atomic E-state index is 6.56. The third kappa shape index (κ3) is 4.27. The zero-order valence-corrected chi connectivity index (χ0v) is 21.2. The molecule has 4 rings (SSSR count). The number of hydrogen-bond acceptors (Lipinski definition) is 0. The lowest BCUT2D eigenvalue weighted by atomic mass is 9.47. The van der Waals surface area contributed by atoms with Crippen LogP contribution in [-0.4, -0.2) is 5.38 Å². The van der Waals surface area contributed by atoms with Crippen molar-refractivity contribution in [2.75, 3.05) is 0 Å². The predicted molar refractivity (Wildman–Crippen MR) is 133 cm³/mol. The summed E-state index contributed by atoms with van der Waals surface area (Å²) in [6.45, 7) is 12.7. The average molecular weight is 431 g/mol. The summed E-state index contributed by atoms with van der Waals surface area (Å²) < 4.78 is 0. The second-order valence-electron chi connectivity index (χ2n) is 12.1. The van der Waals surface area contributed by atoms with Crippen molar-refractivity contribution in [3.63, 3.8) is 0 Å². The van der Waals surface area contributed by atoms with Gasteiger partial charge in [0.2, 0.25) is 0 Å². The molecule has 0 aliphatic heterocycles. The highest BCUT2D eigenvalue weighted by molar-refractivity contribution is 6.20. The Balaban J connectivity index is 0.00000124. The molecule has 0 nitrogen and oxygen atoms in total. The van der Waals surface area contributed by atoms with Crippen molar-refractivity contribution in [2.45, 2.75) is 111 Å². The quantitative estimate of drug-likeness (QED) is 0.232. The number of terminal acetylenes is 1. The van der Waals surface area contributed by atoms with Crippen LogP contribution in [0.5, 0.6) is 0 Å². The molecule has 1 heteroatoms. The van der Waals surface area contributed by atoms with Gasteiger partial charge in [-0.1, -0.05) is 65.5 Å². The van der Waals surface area contributed by atoms with Crippen LogP contribution >= 0.6 is 11.6 Å². The molecule has 0 bridgehead atoms. The fourth-order valence-corrected chi connectivity index (χ4v) is 8.92. The van der Waals surface area contributed by atoms with E-state index >= 15 is 0 Å². The molecule has 0 aromatic heterocycles. The molecule has 8 atom stereocenters. The lowest BCUT2D eigenvalue weighted by molar-refractivity contribution is -0.0498. The van der Waals surface area contributed by atoms with Gasteiger partial charge >= 0.3 is 0 Å². The van der Waals surface area contributed by atoms with E-state index in [9.17, 15) is 0 Å². The van der Waals surface area contributed by atoms with Crippen molar-refractivity contribution in [2.24, 2.45) is 46.3 Å². The molecular weight excluding hydrogens is 384 g/mol. The van der Waals surface area contributed by atoms with Gasteiger partial charge in [0.15, 0.2) is 0 Å². The Morgan fingerprint density at radius 2 is 1.73 bits per heavy atom. The van der Waals surface area contributed by atoms with E-state index in [1.807, 2.05) is 0 Å². The maximum Gasteiger partial charge on any atom is 0.0373 e. The van der Waals surface area contributed by atoms with Crippen molar-refractivity contribution >= 4 is 11.6 Å². The Morgan fingerprint density at radius 3 is 2.43 bits per heavy atom. The van der Waals surface area contributed by atoms with Gasteiger partial charge in [0.1, 0.15) is 0 Å². The van der Waals surface area contributed by atoms with Crippen molar-refractivity contribution in [1.82, 2.24) is 0 Å². The molecule has 0 N–H and O–H groups in total. The first-order valence-corrected chi connectivity index (χ1v) is 13.4. The van der Waals surface area contributed by atoms with Crippen LogP contribution in [0.2, 0.25) is 0 Å². The molecule has 3 fully saturated rings. The third-order valence-corrected chi connectivity index (χ3v) is 10.6. The SMILES string of the molecule is C#C.CC(C)CCC[C@@H](C)[C@H]1CC[C@H]2[C@@H]3CC=C4C[C@@H](Cl)CC[C@]4(C)[C@H]3CC[C@]12C. The van der Waals surface area contributed by atoms with E-state index in [0.29, 0.717) is 16.2 Å². The number of rotatable bonds is 5. The van der Waals surface area contributed by atoms with Crippen LogP contribution in [0.4, 0.5) is 0 Å². The standard InChI is InChI=1S/C27H45Cl.C2H2/c1-18(2)7-6-8-19(3)23-11-12-24-22-10-9-20-17-21(28)13-15-26(20,4)25(22)14-16-27(23,24)5;1-2/h9,18-19,21-25H,6-8,10-17H2,1-5H3;1-2H/t19-,21+,22+,23-,24+,25+,26+,27-;/m1./s1. The van der Waals surface area contributed by atoms with Gasteiger partial charge in [-0.2, -0.15) is 0 Å². The van der Waals surface area contributed by atoms with Crippen molar-refractivity contribution < 1.29 is 0 Å². The van der Waals surface area contributed by atoms with Crippen LogP contribution in [0.3, 0.4) is 0 Å². The maximum atomic E-state index is 6.56. The summed E-state index contributed by atoms with van der Waals surface area (Å²) in [5.74, 6) is 5.62. The molecule has 0 aromatic rings. The van der Waals surface area contributed by atoms with Gasteiger partial charge in [-0.05, 0) is 97.7 Å². The predicted octanol–water partition coefficient (Wildman–Crippen LogP) is 8.88.